The van der Waals surface area contributed by atoms with Crippen molar-refractivity contribution < 1.29 is 4.79 Å². The summed E-state index contributed by atoms with van der Waals surface area (Å²) in [6, 6.07) is 9.50. The summed E-state index contributed by atoms with van der Waals surface area (Å²) in [5.74, 6) is 0.216. The van der Waals surface area contributed by atoms with Crippen LogP contribution in [-0.2, 0) is 17.6 Å². The number of piperazine rings is 1. The molecule has 1 amide bonds. The molecule has 1 fully saturated rings. The van der Waals surface area contributed by atoms with Crippen molar-refractivity contribution >= 4 is 5.91 Å². The van der Waals surface area contributed by atoms with Crippen LogP contribution in [0.4, 0.5) is 0 Å². The molecule has 1 saturated heterocycles. The van der Waals surface area contributed by atoms with E-state index in [0.29, 0.717) is 6.04 Å². The van der Waals surface area contributed by atoms with Crippen LogP contribution in [0.2, 0.25) is 0 Å². The van der Waals surface area contributed by atoms with E-state index in [2.05, 4.69) is 29.2 Å². The van der Waals surface area contributed by atoms with Crippen LogP contribution in [-0.4, -0.2) is 47.9 Å². The zero-order chi connectivity index (χ0) is 13.2. The molecule has 2 aliphatic rings. The molecule has 0 saturated carbocycles. The lowest BCUT2D eigenvalue weighted by molar-refractivity contribution is -0.130. The van der Waals surface area contributed by atoms with Crippen molar-refractivity contribution in [1.29, 1.82) is 0 Å². The minimum Gasteiger partial charge on any atom is -0.340 e. The largest absolute Gasteiger partial charge is 0.340 e. The topological polar surface area (TPSA) is 23.6 Å². The van der Waals surface area contributed by atoms with Gasteiger partial charge < -0.3 is 4.90 Å². The molecule has 1 unspecified atom stereocenters. The second-order valence-corrected chi connectivity index (χ2v) is 5.71. The van der Waals surface area contributed by atoms with Gasteiger partial charge in [-0.15, -0.1) is 0 Å². The predicted molar refractivity (Wildman–Crippen MR) is 76.1 cm³/mol. The molecule has 3 rings (SSSR count). The molecule has 0 spiro atoms. The van der Waals surface area contributed by atoms with Crippen LogP contribution in [0, 0.1) is 0 Å². The second kappa shape index (κ2) is 5.33. The van der Waals surface area contributed by atoms with Crippen LogP contribution >= 0.6 is 0 Å². The highest BCUT2D eigenvalue weighted by atomic mass is 16.2. The number of amides is 1. The first-order chi connectivity index (χ1) is 9.24. The van der Waals surface area contributed by atoms with Crippen molar-refractivity contribution in [2.45, 2.75) is 32.2 Å². The fraction of sp³-hybridized carbons (Fsp3) is 0.562. The lowest BCUT2D eigenvalue weighted by atomic mass is 9.87. The monoisotopic (exact) mass is 258 g/mol. The maximum atomic E-state index is 11.4. The zero-order valence-corrected chi connectivity index (χ0v) is 11.6. The average molecular weight is 258 g/mol. The Balaban J connectivity index is 1.62. The number of hydrogen-bond donors (Lipinski definition) is 0. The normalized spacial score (nSPS) is 24.1. The number of hydrogen-bond acceptors (Lipinski definition) is 2. The van der Waals surface area contributed by atoms with Gasteiger partial charge >= 0.3 is 0 Å². The number of fused-ring (bicyclic) bond motifs is 1. The Labute approximate surface area is 115 Å². The summed E-state index contributed by atoms with van der Waals surface area (Å²) in [4.78, 5) is 15.9. The van der Waals surface area contributed by atoms with Crippen LogP contribution in [0.15, 0.2) is 24.3 Å². The molecule has 1 heterocycles. The Hall–Kier alpha value is -1.35. The molecule has 1 atom stereocenters. The van der Waals surface area contributed by atoms with Crippen LogP contribution in [0.3, 0.4) is 0 Å². The van der Waals surface area contributed by atoms with Crippen molar-refractivity contribution in [2.24, 2.45) is 0 Å². The van der Waals surface area contributed by atoms with Gasteiger partial charge in [-0.2, -0.15) is 0 Å². The molecule has 0 bridgehead atoms. The quantitative estimate of drug-likeness (QED) is 0.765. The summed E-state index contributed by atoms with van der Waals surface area (Å²) in [5, 5.41) is 0. The Morgan fingerprint density at radius 3 is 2.47 bits per heavy atom. The second-order valence-electron chi connectivity index (χ2n) is 5.71. The van der Waals surface area contributed by atoms with E-state index in [9.17, 15) is 4.79 Å². The van der Waals surface area contributed by atoms with E-state index in [1.54, 1.807) is 6.92 Å². The standard InChI is InChI=1S/C16H22N2O/c1-13(19)17-8-10-18(11-9-17)16-7-6-14-4-2-3-5-15(14)12-16/h2-5,16H,6-12H2,1H3. The molecule has 3 heteroatoms. The van der Waals surface area contributed by atoms with Gasteiger partial charge in [0.1, 0.15) is 0 Å². The molecule has 0 N–H and O–H groups in total. The molecular weight excluding hydrogens is 236 g/mol. The van der Waals surface area contributed by atoms with Crippen molar-refractivity contribution in [1.82, 2.24) is 9.80 Å². The third kappa shape index (κ3) is 2.66. The molecule has 102 valence electrons. The molecule has 1 aliphatic heterocycles. The van der Waals surface area contributed by atoms with Gasteiger partial charge in [0.05, 0.1) is 0 Å². The summed E-state index contributed by atoms with van der Waals surface area (Å²) in [5.41, 5.74) is 3.05. The van der Waals surface area contributed by atoms with E-state index in [0.717, 1.165) is 26.2 Å². The molecule has 19 heavy (non-hydrogen) atoms. The van der Waals surface area contributed by atoms with Crippen molar-refractivity contribution in [3.8, 4) is 0 Å². The Morgan fingerprint density at radius 2 is 1.79 bits per heavy atom. The first kappa shape index (κ1) is 12.7. The number of aryl methyl sites for hydroxylation is 1. The van der Waals surface area contributed by atoms with Crippen LogP contribution in [0.5, 0.6) is 0 Å². The number of carbonyl (C=O) groups excluding carboxylic acids is 1. The summed E-state index contributed by atoms with van der Waals surface area (Å²) >= 11 is 0. The van der Waals surface area contributed by atoms with Gasteiger partial charge in [-0.3, -0.25) is 9.69 Å². The highest BCUT2D eigenvalue weighted by molar-refractivity contribution is 5.73. The van der Waals surface area contributed by atoms with Gasteiger partial charge in [-0.05, 0) is 30.4 Å². The number of carbonyl (C=O) groups is 1. The first-order valence-electron chi connectivity index (χ1n) is 7.30. The van der Waals surface area contributed by atoms with Crippen molar-refractivity contribution in [3.63, 3.8) is 0 Å². The molecule has 1 aromatic rings. The van der Waals surface area contributed by atoms with Gasteiger partial charge in [0.15, 0.2) is 0 Å². The van der Waals surface area contributed by atoms with E-state index in [-0.39, 0.29) is 5.91 Å². The molecule has 1 aliphatic carbocycles. The Morgan fingerprint density at radius 1 is 1.11 bits per heavy atom. The summed E-state index contributed by atoms with van der Waals surface area (Å²) in [6.07, 6.45) is 3.64. The minimum atomic E-state index is 0.216. The summed E-state index contributed by atoms with van der Waals surface area (Å²) in [7, 11) is 0. The van der Waals surface area contributed by atoms with E-state index >= 15 is 0 Å². The third-order valence-corrected chi connectivity index (χ3v) is 4.60. The van der Waals surface area contributed by atoms with Gasteiger partial charge in [0, 0.05) is 39.1 Å². The fourth-order valence-corrected chi connectivity index (χ4v) is 3.39. The number of benzene rings is 1. The number of rotatable bonds is 1. The van der Waals surface area contributed by atoms with Gasteiger partial charge in [0.25, 0.3) is 0 Å². The molecule has 3 nitrogen and oxygen atoms in total. The molecule has 1 aromatic carbocycles. The maximum absolute atomic E-state index is 11.4. The van der Waals surface area contributed by atoms with Gasteiger partial charge in [0.2, 0.25) is 5.91 Å². The molecule has 0 radical (unpaired) electrons. The zero-order valence-electron chi connectivity index (χ0n) is 11.6. The third-order valence-electron chi connectivity index (χ3n) is 4.60. The van der Waals surface area contributed by atoms with Crippen LogP contribution in [0.25, 0.3) is 0 Å². The first-order valence-corrected chi connectivity index (χ1v) is 7.30. The van der Waals surface area contributed by atoms with Gasteiger partial charge in [-0.1, -0.05) is 24.3 Å². The van der Waals surface area contributed by atoms with Gasteiger partial charge in [-0.25, -0.2) is 0 Å². The highest BCUT2D eigenvalue weighted by Gasteiger charge is 2.27. The smallest absolute Gasteiger partial charge is 0.219 e. The van der Waals surface area contributed by atoms with Crippen LogP contribution in [0.1, 0.15) is 24.5 Å². The fourth-order valence-electron chi connectivity index (χ4n) is 3.39. The van der Waals surface area contributed by atoms with Crippen molar-refractivity contribution in [3.05, 3.63) is 35.4 Å². The Bertz CT molecular complexity index is 464. The Kier molecular flexibility index (Phi) is 3.56. The minimum absolute atomic E-state index is 0.216. The lowest BCUT2D eigenvalue weighted by Gasteiger charge is -2.40. The van der Waals surface area contributed by atoms with Crippen molar-refractivity contribution in [2.75, 3.05) is 26.2 Å². The van der Waals surface area contributed by atoms with E-state index in [1.165, 1.54) is 30.4 Å². The summed E-state index contributed by atoms with van der Waals surface area (Å²) in [6.45, 7) is 5.53. The SMILES string of the molecule is CC(=O)N1CCN(C2CCc3ccccc3C2)CC1. The predicted octanol–water partition coefficient (Wildman–Crippen LogP) is 1.71. The average Bonchev–Trinajstić information content (AvgIpc) is 2.47. The number of nitrogens with zero attached hydrogens (tertiary/aromatic N) is 2. The van der Waals surface area contributed by atoms with E-state index in [4.69, 9.17) is 0 Å². The lowest BCUT2D eigenvalue weighted by Crippen LogP contribution is -2.52. The molecular formula is C16H22N2O. The maximum Gasteiger partial charge on any atom is 0.219 e. The highest BCUT2D eigenvalue weighted by Crippen LogP contribution is 2.25. The van der Waals surface area contributed by atoms with E-state index < -0.39 is 0 Å². The summed E-state index contributed by atoms with van der Waals surface area (Å²) < 4.78 is 0. The molecule has 0 aromatic heterocycles. The van der Waals surface area contributed by atoms with E-state index in [1.807, 2.05) is 4.90 Å². The van der Waals surface area contributed by atoms with Crippen LogP contribution < -0.4 is 0 Å².